The minimum absolute atomic E-state index is 0.0152. The number of carbonyl (C=O) groups is 2. The number of halogens is 4. The van der Waals surface area contributed by atoms with Crippen LogP contribution in [0.15, 0.2) is 54.7 Å². The topological polar surface area (TPSA) is 86.0 Å². The van der Waals surface area contributed by atoms with Crippen LogP contribution in [0.2, 0.25) is 0 Å². The van der Waals surface area contributed by atoms with Crippen LogP contribution in [0.1, 0.15) is 29.5 Å². The Balaban J connectivity index is 1.41. The molecule has 0 spiro atoms. The normalized spacial score (nSPS) is 15.8. The monoisotopic (exact) mass is 502 g/mol. The molecule has 0 radical (unpaired) electrons. The van der Waals surface area contributed by atoms with Crippen molar-refractivity contribution in [1.82, 2.24) is 20.9 Å². The summed E-state index contributed by atoms with van der Waals surface area (Å²) < 4.78 is 52.4. The first-order chi connectivity index (χ1) is 17.2. The average Bonchev–Trinajstić information content (AvgIpc) is 3.26. The van der Waals surface area contributed by atoms with E-state index in [2.05, 4.69) is 20.9 Å². The van der Waals surface area contributed by atoms with Gasteiger partial charge < -0.3 is 20.9 Å². The van der Waals surface area contributed by atoms with Crippen LogP contribution in [0.3, 0.4) is 0 Å². The predicted molar refractivity (Wildman–Crippen MR) is 128 cm³/mol. The van der Waals surface area contributed by atoms with Gasteiger partial charge in [-0.05, 0) is 67.8 Å². The second kappa shape index (κ2) is 10.5. The van der Waals surface area contributed by atoms with E-state index in [1.165, 1.54) is 0 Å². The number of fused-ring (bicyclic) bond motifs is 1. The number of amides is 2. The summed E-state index contributed by atoms with van der Waals surface area (Å²) in [4.78, 5) is 29.0. The molecule has 2 aromatic carbocycles. The zero-order valence-electron chi connectivity index (χ0n) is 19.3. The quantitative estimate of drug-likeness (QED) is 0.292. The molecule has 1 saturated heterocycles. The van der Waals surface area contributed by atoms with Gasteiger partial charge in [0.1, 0.15) is 11.4 Å². The Kier molecular flexibility index (Phi) is 7.44. The number of aromatic amines is 1. The Morgan fingerprint density at radius 3 is 2.58 bits per heavy atom. The van der Waals surface area contributed by atoms with E-state index < -0.39 is 29.0 Å². The fourth-order valence-corrected chi connectivity index (χ4v) is 4.39. The first-order valence-electron chi connectivity index (χ1n) is 11.6. The van der Waals surface area contributed by atoms with Crippen LogP contribution < -0.4 is 16.0 Å². The third kappa shape index (κ3) is 5.76. The van der Waals surface area contributed by atoms with Crippen LogP contribution in [0.5, 0.6) is 0 Å². The molecule has 4 N–H and O–H groups in total. The zero-order valence-corrected chi connectivity index (χ0v) is 19.3. The van der Waals surface area contributed by atoms with Gasteiger partial charge in [0.25, 0.3) is 0 Å². The first-order valence-corrected chi connectivity index (χ1v) is 11.6. The molecule has 10 heteroatoms. The van der Waals surface area contributed by atoms with Crippen molar-refractivity contribution in [3.05, 3.63) is 77.2 Å². The minimum atomic E-state index is -4.85. The lowest BCUT2D eigenvalue weighted by Crippen LogP contribution is -2.62. The second-order valence-electron chi connectivity index (χ2n) is 8.76. The van der Waals surface area contributed by atoms with E-state index in [0.717, 1.165) is 34.7 Å². The van der Waals surface area contributed by atoms with Gasteiger partial charge in [0.05, 0.1) is 5.56 Å². The van der Waals surface area contributed by atoms with Crippen LogP contribution in [0.4, 0.5) is 17.6 Å². The molecular weight excluding hydrogens is 476 g/mol. The number of carbonyl (C=O) groups excluding carboxylic acids is 2. The highest BCUT2D eigenvalue weighted by atomic mass is 19.4. The lowest BCUT2D eigenvalue weighted by Gasteiger charge is -2.36. The number of alkyl halides is 3. The summed E-state index contributed by atoms with van der Waals surface area (Å²) in [5.74, 6) is -2.32. The highest BCUT2D eigenvalue weighted by Crippen LogP contribution is 2.32. The maximum Gasteiger partial charge on any atom is 0.419 e. The maximum absolute atomic E-state index is 13.5. The molecule has 2 heterocycles. The maximum atomic E-state index is 13.5. The molecule has 6 nitrogen and oxygen atoms in total. The molecule has 1 aliphatic rings. The van der Waals surface area contributed by atoms with Crippen molar-refractivity contribution in [2.75, 3.05) is 19.6 Å². The van der Waals surface area contributed by atoms with Gasteiger partial charge in [0, 0.05) is 29.7 Å². The molecule has 2 amide bonds. The van der Waals surface area contributed by atoms with Crippen LogP contribution in [-0.2, 0) is 22.2 Å². The summed E-state index contributed by atoms with van der Waals surface area (Å²) in [5, 5.41) is 9.91. The SMILES string of the molecule is O=C(/C=C/c1ccc(F)c(C(F)(F)F)c1)NC1(C(=O)NCCc2c[nH]c3ccccc23)CCNCC1. The van der Waals surface area contributed by atoms with E-state index in [4.69, 9.17) is 0 Å². The summed E-state index contributed by atoms with van der Waals surface area (Å²) >= 11 is 0. The van der Waals surface area contributed by atoms with Crippen LogP contribution in [-0.4, -0.2) is 42.0 Å². The lowest BCUT2D eigenvalue weighted by atomic mass is 9.87. The Hall–Kier alpha value is -3.66. The van der Waals surface area contributed by atoms with Gasteiger partial charge in [-0.2, -0.15) is 13.2 Å². The Morgan fingerprint density at radius 1 is 1.08 bits per heavy atom. The Bertz CT molecular complexity index is 1280. The predicted octanol–water partition coefficient (Wildman–Crippen LogP) is 3.94. The third-order valence-corrected chi connectivity index (χ3v) is 6.33. The number of H-pyrrole nitrogens is 1. The highest BCUT2D eigenvalue weighted by molar-refractivity contribution is 5.97. The molecule has 0 bridgehead atoms. The largest absolute Gasteiger partial charge is 0.419 e. The second-order valence-corrected chi connectivity index (χ2v) is 8.76. The summed E-state index contributed by atoms with van der Waals surface area (Å²) in [6, 6.07) is 10.3. The van der Waals surface area contributed by atoms with Crippen molar-refractivity contribution < 1.29 is 27.2 Å². The van der Waals surface area contributed by atoms with Crippen molar-refractivity contribution in [3.63, 3.8) is 0 Å². The minimum Gasteiger partial charge on any atom is -0.361 e. The zero-order chi connectivity index (χ0) is 25.8. The molecule has 3 aromatic rings. The molecule has 0 saturated carbocycles. The number of rotatable bonds is 7. The summed E-state index contributed by atoms with van der Waals surface area (Å²) in [6.45, 7) is 1.41. The molecule has 0 atom stereocenters. The molecule has 0 unspecified atom stereocenters. The van der Waals surface area contributed by atoms with E-state index in [1.807, 2.05) is 30.5 Å². The molecule has 1 aromatic heterocycles. The van der Waals surface area contributed by atoms with Crippen LogP contribution in [0, 0.1) is 5.82 Å². The van der Waals surface area contributed by atoms with E-state index in [0.29, 0.717) is 51.0 Å². The van der Waals surface area contributed by atoms with Gasteiger partial charge in [-0.1, -0.05) is 24.3 Å². The number of hydrogen-bond acceptors (Lipinski definition) is 3. The Morgan fingerprint density at radius 2 is 1.83 bits per heavy atom. The van der Waals surface area contributed by atoms with Crippen molar-refractivity contribution in [1.29, 1.82) is 0 Å². The molecule has 1 aliphatic heterocycles. The molecule has 4 rings (SSSR count). The van der Waals surface area contributed by atoms with Crippen LogP contribution in [0.25, 0.3) is 17.0 Å². The molecule has 1 fully saturated rings. The number of aromatic nitrogens is 1. The number of piperidine rings is 1. The number of hydrogen-bond donors (Lipinski definition) is 4. The third-order valence-electron chi connectivity index (χ3n) is 6.33. The van der Waals surface area contributed by atoms with Crippen molar-refractivity contribution in [2.24, 2.45) is 0 Å². The standard InChI is InChI=1S/C26H26F4N4O2/c27-21-7-5-17(15-20(21)26(28,29)30)6-8-23(35)34-25(10-13-31-14-11-25)24(36)32-12-9-18-16-33-22-4-2-1-3-19(18)22/h1-8,15-16,31,33H,9-14H2,(H,32,36)(H,34,35)/b8-6+. The smallest absolute Gasteiger partial charge is 0.361 e. The molecule has 0 aliphatic carbocycles. The number of benzene rings is 2. The average molecular weight is 503 g/mol. The van der Waals surface area contributed by atoms with Gasteiger partial charge in [0.2, 0.25) is 11.8 Å². The molecule has 190 valence electrons. The van der Waals surface area contributed by atoms with E-state index in [1.54, 1.807) is 0 Å². The number of nitrogens with one attached hydrogen (secondary N) is 4. The van der Waals surface area contributed by atoms with E-state index in [9.17, 15) is 27.2 Å². The lowest BCUT2D eigenvalue weighted by molar-refractivity contribution is -0.140. The van der Waals surface area contributed by atoms with Crippen molar-refractivity contribution in [3.8, 4) is 0 Å². The Labute approximate surface area is 205 Å². The highest BCUT2D eigenvalue weighted by Gasteiger charge is 2.40. The van der Waals surface area contributed by atoms with Crippen molar-refractivity contribution in [2.45, 2.75) is 31.0 Å². The van der Waals surface area contributed by atoms with Gasteiger partial charge >= 0.3 is 6.18 Å². The van der Waals surface area contributed by atoms with Gasteiger partial charge in [-0.15, -0.1) is 0 Å². The summed E-state index contributed by atoms with van der Waals surface area (Å²) in [6.07, 6.45) is 0.595. The molecular formula is C26H26F4N4O2. The summed E-state index contributed by atoms with van der Waals surface area (Å²) in [7, 11) is 0. The van der Waals surface area contributed by atoms with Gasteiger partial charge in [-0.3, -0.25) is 9.59 Å². The summed E-state index contributed by atoms with van der Waals surface area (Å²) in [5.41, 5.74) is -0.464. The van der Waals surface area contributed by atoms with Crippen molar-refractivity contribution >= 4 is 28.8 Å². The van der Waals surface area contributed by atoms with Crippen LogP contribution >= 0.6 is 0 Å². The first kappa shape index (κ1) is 25.4. The van der Waals surface area contributed by atoms with E-state index in [-0.39, 0.29) is 11.5 Å². The van der Waals surface area contributed by atoms with E-state index >= 15 is 0 Å². The molecule has 36 heavy (non-hydrogen) atoms. The fraction of sp³-hybridized carbons (Fsp3) is 0.308. The van der Waals surface area contributed by atoms with Gasteiger partial charge in [-0.25, -0.2) is 4.39 Å². The number of para-hydroxylation sites is 1. The fourth-order valence-electron chi connectivity index (χ4n) is 4.39. The van der Waals surface area contributed by atoms with Gasteiger partial charge in [0.15, 0.2) is 0 Å².